The third-order valence-electron chi connectivity index (χ3n) is 2.55. The second-order valence-electron chi connectivity index (χ2n) is 4.07. The van der Waals surface area contributed by atoms with Gasteiger partial charge in [-0.25, -0.2) is 0 Å². The van der Waals surface area contributed by atoms with Crippen molar-refractivity contribution in [2.75, 3.05) is 0 Å². The lowest BCUT2D eigenvalue weighted by atomic mass is 10.0. The normalized spacial score (nSPS) is 10.5. The quantitative estimate of drug-likeness (QED) is 0.814. The number of carbonyl (C=O) groups is 1. The van der Waals surface area contributed by atoms with Gasteiger partial charge in [-0.2, -0.15) is 0 Å². The topological polar surface area (TPSA) is 17.1 Å². The van der Waals surface area contributed by atoms with Crippen LogP contribution in [0.1, 0.15) is 16.0 Å². The first-order valence-corrected chi connectivity index (χ1v) is 6.70. The van der Waals surface area contributed by atoms with Crippen LogP contribution in [0.15, 0.2) is 35.7 Å². The molecule has 0 N–H and O–H groups in total. The standard InChI is InChI=1S/C14H13ClOS/c1-10-4-5-11(14(15)7-10)8-12(16)9-13-3-2-6-17-13/h2-7H,8-9H2,1H3. The average molecular weight is 265 g/mol. The highest BCUT2D eigenvalue weighted by atomic mass is 35.5. The lowest BCUT2D eigenvalue weighted by molar-refractivity contribution is -0.117. The van der Waals surface area contributed by atoms with Gasteiger partial charge in [-0.05, 0) is 35.6 Å². The van der Waals surface area contributed by atoms with Crippen molar-refractivity contribution in [1.29, 1.82) is 0 Å². The van der Waals surface area contributed by atoms with Gasteiger partial charge in [0.15, 0.2) is 0 Å². The van der Waals surface area contributed by atoms with Crippen LogP contribution in [0.3, 0.4) is 0 Å². The number of carbonyl (C=O) groups excluding carboxylic acids is 1. The summed E-state index contributed by atoms with van der Waals surface area (Å²) in [6, 6.07) is 9.77. The van der Waals surface area contributed by atoms with Crippen LogP contribution in [0, 0.1) is 6.92 Å². The van der Waals surface area contributed by atoms with Crippen molar-refractivity contribution in [3.05, 3.63) is 56.7 Å². The van der Waals surface area contributed by atoms with Crippen molar-refractivity contribution in [2.24, 2.45) is 0 Å². The van der Waals surface area contributed by atoms with Gasteiger partial charge < -0.3 is 0 Å². The van der Waals surface area contributed by atoms with E-state index in [9.17, 15) is 4.79 Å². The number of thiophene rings is 1. The molecule has 0 atom stereocenters. The molecule has 1 nitrogen and oxygen atoms in total. The predicted octanol–water partition coefficient (Wildman–Crippen LogP) is 4.06. The van der Waals surface area contributed by atoms with E-state index in [0.717, 1.165) is 16.0 Å². The number of Topliss-reactive ketones (excluding diaryl/α,β-unsaturated/α-hetero) is 1. The van der Waals surface area contributed by atoms with Crippen LogP contribution >= 0.6 is 22.9 Å². The molecule has 0 spiro atoms. The molecule has 0 radical (unpaired) electrons. The van der Waals surface area contributed by atoms with E-state index in [-0.39, 0.29) is 5.78 Å². The van der Waals surface area contributed by atoms with Crippen LogP contribution in [0.2, 0.25) is 5.02 Å². The Morgan fingerprint density at radius 1 is 1.29 bits per heavy atom. The Morgan fingerprint density at radius 3 is 2.76 bits per heavy atom. The fourth-order valence-corrected chi connectivity index (χ4v) is 2.71. The van der Waals surface area contributed by atoms with Gasteiger partial charge in [0.25, 0.3) is 0 Å². The molecule has 0 aliphatic heterocycles. The minimum Gasteiger partial charge on any atom is -0.299 e. The molecular weight excluding hydrogens is 252 g/mol. The summed E-state index contributed by atoms with van der Waals surface area (Å²) in [4.78, 5) is 13.0. The summed E-state index contributed by atoms with van der Waals surface area (Å²) in [6.45, 7) is 1.99. The van der Waals surface area contributed by atoms with Gasteiger partial charge in [-0.3, -0.25) is 4.79 Å². The van der Waals surface area contributed by atoms with Gasteiger partial charge in [0.2, 0.25) is 0 Å². The molecule has 2 rings (SSSR count). The van der Waals surface area contributed by atoms with E-state index in [0.29, 0.717) is 17.9 Å². The summed E-state index contributed by atoms with van der Waals surface area (Å²) in [5.41, 5.74) is 2.03. The number of ketones is 1. The number of halogens is 1. The second-order valence-corrected chi connectivity index (χ2v) is 5.51. The van der Waals surface area contributed by atoms with Crippen LogP contribution in [0.25, 0.3) is 0 Å². The molecule has 0 bridgehead atoms. The fraction of sp³-hybridized carbons (Fsp3) is 0.214. The smallest absolute Gasteiger partial charge is 0.142 e. The molecule has 17 heavy (non-hydrogen) atoms. The van der Waals surface area contributed by atoms with Crippen LogP contribution < -0.4 is 0 Å². The molecule has 0 fully saturated rings. The third-order valence-corrected chi connectivity index (χ3v) is 3.78. The summed E-state index contributed by atoms with van der Waals surface area (Å²) in [6.07, 6.45) is 0.916. The molecule has 0 amide bonds. The van der Waals surface area contributed by atoms with Crippen LogP contribution in [-0.4, -0.2) is 5.78 Å². The fourth-order valence-electron chi connectivity index (χ4n) is 1.68. The van der Waals surface area contributed by atoms with Gasteiger partial charge in [-0.1, -0.05) is 29.8 Å². The van der Waals surface area contributed by atoms with E-state index in [4.69, 9.17) is 11.6 Å². The van der Waals surface area contributed by atoms with E-state index in [1.807, 2.05) is 42.6 Å². The number of benzene rings is 1. The third kappa shape index (κ3) is 3.42. The average Bonchev–Trinajstić information content (AvgIpc) is 2.75. The van der Waals surface area contributed by atoms with Crippen molar-refractivity contribution >= 4 is 28.7 Å². The Morgan fingerprint density at radius 2 is 2.12 bits per heavy atom. The molecule has 0 saturated heterocycles. The van der Waals surface area contributed by atoms with Crippen molar-refractivity contribution < 1.29 is 4.79 Å². The van der Waals surface area contributed by atoms with Crippen molar-refractivity contribution in [1.82, 2.24) is 0 Å². The van der Waals surface area contributed by atoms with Gasteiger partial charge in [-0.15, -0.1) is 11.3 Å². The van der Waals surface area contributed by atoms with Gasteiger partial charge in [0.1, 0.15) is 5.78 Å². The zero-order chi connectivity index (χ0) is 12.3. The van der Waals surface area contributed by atoms with Crippen LogP contribution in [-0.2, 0) is 17.6 Å². The van der Waals surface area contributed by atoms with E-state index < -0.39 is 0 Å². The summed E-state index contributed by atoms with van der Waals surface area (Å²) in [5.74, 6) is 0.207. The van der Waals surface area contributed by atoms with Crippen molar-refractivity contribution in [3.63, 3.8) is 0 Å². The largest absolute Gasteiger partial charge is 0.299 e. The Hall–Kier alpha value is -1.12. The van der Waals surface area contributed by atoms with Gasteiger partial charge in [0, 0.05) is 22.7 Å². The Bertz CT molecular complexity index is 517. The molecule has 1 heterocycles. The first-order valence-electron chi connectivity index (χ1n) is 5.44. The summed E-state index contributed by atoms with van der Waals surface area (Å²) < 4.78 is 0. The Balaban J connectivity index is 2.03. The van der Waals surface area contributed by atoms with E-state index >= 15 is 0 Å². The van der Waals surface area contributed by atoms with E-state index in [2.05, 4.69) is 0 Å². The Kier molecular flexibility index (Phi) is 3.97. The molecule has 1 aromatic carbocycles. The zero-order valence-electron chi connectivity index (χ0n) is 9.57. The minimum absolute atomic E-state index is 0.207. The zero-order valence-corrected chi connectivity index (χ0v) is 11.1. The maximum absolute atomic E-state index is 11.9. The first-order chi connectivity index (χ1) is 8.15. The van der Waals surface area contributed by atoms with Crippen molar-refractivity contribution in [2.45, 2.75) is 19.8 Å². The predicted molar refractivity (Wildman–Crippen MR) is 72.9 cm³/mol. The lowest BCUT2D eigenvalue weighted by Crippen LogP contribution is -2.06. The van der Waals surface area contributed by atoms with Crippen LogP contribution in [0.5, 0.6) is 0 Å². The molecule has 0 aliphatic rings. The molecule has 0 aliphatic carbocycles. The minimum atomic E-state index is 0.207. The van der Waals surface area contributed by atoms with E-state index in [1.54, 1.807) is 11.3 Å². The first kappa shape index (κ1) is 12.3. The number of aryl methyl sites for hydroxylation is 1. The highest BCUT2D eigenvalue weighted by Crippen LogP contribution is 2.19. The molecule has 2 aromatic rings. The second kappa shape index (κ2) is 5.48. The maximum atomic E-state index is 11.9. The number of hydrogen-bond acceptors (Lipinski definition) is 2. The maximum Gasteiger partial charge on any atom is 0.142 e. The lowest BCUT2D eigenvalue weighted by Gasteiger charge is -2.04. The number of rotatable bonds is 4. The highest BCUT2D eigenvalue weighted by molar-refractivity contribution is 7.10. The molecular formula is C14H13ClOS. The SMILES string of the molecule is Cc1ccc(CC(=O)Cc2cccs2)c(Cl)c1. The molecule has 88 valence electrons. The highest BCUT2D eigenvalue weighted by Gasteiger charge is 2.08. The van der Waals surface area contributed by atoms with Gasteiger partial charge >= 0.3 is 0 Å². The summed E-state index contributed by atoms with van der Waals surface area (Å²) >= 11 is 7.72. The molecule has 0 saturated carbocycles. The molecule has 3 heteroatoms. The van der Waals surface area contributed by atoms with Gasteiger partial charge in [0.05, 0.1) is 0 Å². The Labute approximate surface area is 110 Å². The molecule has 0 unspecified atom stereocenters. The number of hydrogen-bond donors (Lipinski definition) is 0. The van der Waals surface area contributed by atoms with Crippen LogP contribution in [0.4, 0.5) is 0 Å². The van der Waals surface area contributed by atoms with Crippen molar-refractivity contribution in [3.8, 4) is 0 Å². The molecule has 1 aromatic heterocycles. The summed E-state index contributed by atoms with van der Waals surface area (Å²) in [7, 11) is 0. The van der Waals surface area contributed by atoms with E-state index in [1.165, 1.54) is 0 Å². The summed E-state index contributed by atoms with van der Waals surface area (Å²) in [5, 5.41) is 2.67. The monoisotopic (exact) mass is 264 g/mol.